The summed E-state index contributed by atoms with van der Waals surface area (Å²) in [5.74, 6) is -3.40. The SMILES string of the molecule is C=Cc1c2[nH]c(c1C)/C=C1\N/C(=C3\c4[nH]c(c(C)c4C(=O)[C@@H]3C(=O)OC)/C=c3/cc(C)/c([nH]3)=C/2)[C@@H](CCC(=O)O)[C@@H]1C. The second-order valence-electron chi connectivity index (χ2n) is 11.4. The van der Waals surface area contributed by atoms with Crippen LogP contribution in [0.25, 0.3) is 29.9 Å². The third kappa shape index (κ3) is 4.10. The highest BCUT2D eigenvalue weighted by Gasteiger charge is 2.48. The van der Waals surface area contributed by atoms with Crippen LogP contribution in [-0.4, -0.2) is 44.9 Å². The number of methoxy groups -OCH3 is 1. The number of ketones is 1. The molecule has 1 aliphatic carbocycles. The lowest BCUT2D eigenvalue weighted by Crippen LogP contribution is -2.25. The van der Waals surface area contributed by atoms with Crippen molar-refractivity contribution in [3.8, 4) is 0 Å². The first kappa shape index (κ1) is 27.4. The van der Waals surface area contributed by atoms with Gasteiger partial charge in [0, 0.05) is 74.1 Å². The summed E-state index contributed by atoms with van der Waals surface area (Å²) >= 11 is 0. The van der Waals surface area contributed by atoms with Gasteiger partial charge >= 0.3 is 11.9 Å². The van der Waals surface area contributed by atoms with Crippen LogP contribution in [0.3, 0.4) is 0 Å². The maximum atomic E-state index is 13.9. The molecule has 0 unspecified atom stereocenters. The molecule has 0 amide bonds. The van der Waals surface area contributed by atoms with Crippen molar-refractivity contribution in [2.75, 3.05) is 7.11 Å². The number of carbonyl (C=O) groups excluding carboxylic acids is 2. The Labute approximate surface area is 242 Å². The van der Waals surface area contributed by atoms with E-state index in [0.29, 0.717) is 28.9 Å². The van der Waals surface area contributed by atoms with Crippen LogP contribution in [0.4, 0.5) is 0 Å². The van der Waals surface area contributed by atoms with Gasteiger partial charge in [-0.1, -0.05) is 19.6 Å². The fraction of sp³-hybridized carbons (Fsp3) is 0.303. The number of fused-ring (bicyclic) bond motifs is 7. The van der Waals surface area contributed by atoms with Crippen molar-refractivity contribution in [2.45, 2.75) is 40.5 Å². The van der Waals surface area contributed by atoms with E-state index in [1.165, 1.54) is 7.11 Å². The van der Waals surface area contributed by atoms with Crippen LogP contribution in [0.5, 0.6) is 0 Å². The molecule has 3 aromatic heterocycles. The zero-order valence-electron chi connectivity index (χ0n) is 24.3. The predicted octanol–water partition coefficient (Wildman–Crippen LogP) is 3.67. The van der Waals surface area contributed by atoms with E-state index in [1.54, 1.807) is 0 Å². The van der Waals surface area contributed by atoms with Gasteiger partial charge in [-0.15, -0.1) is 0 Å². The number of nitrogens with one attached hydrogen (secondary N) is 4. The average Bonchev–Trinajstić information content (AvgIpc) is 3.69. The number of aryl methyl sites for hydroxylation is 1. The van der Waals surface area contributed by atoms with Crippen molar-refractivity contribution in [3.05, 3.63) is 85.3 Å². The molecule has 9 heteroatoms. The molecule has 0 radical (unpaired) electrons. The number of aliphatic carboxylic acids is 1. The maximum absolute atomic E-state index is 13.9. The summed E-state index contributed by atoms with van der Waals surface area (Å²) < 4.78 is 5.12. The summed E-state index contributed by atoms with van der Waals surface area (Å²) in [6.07, 6.45) is 8.19. The van der Waals surface area contributed by atoms with Crippen molar-refractivity contribution in [1.82, 2.24) is 20.3 Å². The zero-order chi connectivity index (χ0) is 30.0. The molecule has 0 spiro atoms. The van der Waals surface area contributed by atoms with Gasteiger partial charge in [0.05, 0.1) is 12.8 Å². The normalized spacial score (nSPS) is 25.1. The molecular weight excluding hydrogens is 532 g/mol. The number of aromatic amines is 3. The minimum Gasteiger partial charge on any atom is -0.481 e. The van der Waals surface area contributed by atoms with Gasteiger partial charge in [0.2, 0.25) is 0 Å². The first-order valence-electron chi connectivity index (χ1n) is 14.1. The lowest BCUT2D eigenvalue weighted by molar-refractivity contribution is -0.142. The number of hydrogen-bond donors (Lipinski definition) is 5. The molecule has 0 saturated carbocycles. The Hall–Kier alpha value is -4.79. The Morgan fingerprint density at radius 3 is 2.48 bits per heavy atom. The number of carboxylic acid groups (broad SMARTS) is 1. The summed E-state index contributed by atoms with van der Waals surface area (Å²) in [4.78, 5) is 49.2. The molecule has 3 aliphatic rings. The number of H-pyrrole nitrogens is 3. The van der Waals surface area contributed by atoms with E-state index < -0.39 is 17.9 Å². The van der Waals surface area contributed by atoms with Gasteiger partial charge in [0.1, 0.15) is 5.92 Å². The maximum Gasteiger partial charge on any atom is 0.321 e. The van der Waals surface area contributed by atoms with E-state index in [0.717, 1.165) is 55.7 Å². The van der Waals surface area contributed by atoms with Gasteiger partial charge in [0.25, 0.3) is 0 Å². The molecule has 3 atom stereocenters. The first-order valence-corrected chi connectivity index (χ1v) is 14.1. The summed E-state index contributed by atoms with van der Waals surface area (Å²) in [7, 11) is 1.28. The van der Waals surface area contributed by atoms with Crippen molar-refractivity contribution >= 4 is 47.6 Å². The zero-order valence-corrected chi connectivity index (χ0v) is 24.3. The quantitative estimate of drug-likeness (QED) is 0.236. The summed E-state index contributed by atoms with van der Waals surface area (Å²) in [5, 5.41) is 14.9. The average molecular weight is 567 g/mol. The summed E-state index contributed by atoms with van der Waals surface area (Å²) in [6, 6.07) is 2.05. The molecule has 3 aromatic rings. The van der Waals surface area contributed by atoms with Gasteiger partial charge in [-0.05, 0) is 68.2 Å². The van der Waals surface area contributed by atoms with Gasteiger partial charge < -0.3 is 30.1 Å². The number of Topliss-reactive ketones (excluding diaryl/α,β-unsaturated/α-hetero) is 1. The van der Waals surface area contributed by atoms with E-state index >= 15 is 0 Å². The highest BCUT2D eigenvalue weighted by molar-refractivity contribution is 6.24. The van der Waals surface area contributed by atoms with Crippen LogP contribution in [0.15, 0.2) is 24.0 Å². The monoisotopic (exact) mass is 566 g/mol. The Morgan fingerprint density at radius 2 is 1.79 bits per heavy atom. The summed E-state index contributed by atoms with van der Waals surface area (Å²) in [5.41, 5.74) is 9.47. The topological polar surface area (TPSA) is 140 Å². The number of rotatable bonds is 5. The lowest BCUT2D eigenvalue weighted by Gasteiger charge is -2.19. The van der Waals surface area contributed by atoms with Crippen LogP contribution in [0, 0.1) is 38.5 Å². The van der Waals surface area contributed by atoms with Crippen LogP contribution in [0.2, 0.25) is 0 Å². The van der Waals surface area contributed by atoms with E-state index in [1.807, 2.05) is 52.0 Å². The molecule has 5 N–H and O–H groups in total. The Morgan fingerprint density at radius 1 is 1.05 bits per heavy atom. The molecule has 9 nitrogen and oxygen atoms in total. The highest BCUT2D eigenvalue weighted by Crippen LogP contribution is 2.48. The minimum absolute atomic E-state index is 0.0528. The van der Waals surface area contributed by atoms with Crippen molar-refractivity contribution in [1.29, 1.82) is 0 Å². The van der Waals surface area contributed by atoms with Crippen LogP contribution in [-0.2, 0) is 14.3 Å². The molecule has 1 saturated heterocycles. The summed E-state index contributed by atoms with van der Waals surface area (Å²) in [6.45, 7) is 12.0. The van der Waals surface area contributed by atoms with Crippen molar-refractivity contribution in [3.63, 3.8) is 0 Å². The molecule has 216 valence electrons. The largest absolute Gasteiger partial charge is 0.481 e. The van der Waals surface area contributed by atoms with Crippen molar-refractivity contribution < 1.29 is 24.2 Å². The highest BCUT2D eigenvalue weighted by atomic mass is 16.5. The Bertz CT molecular complexity index is 1890. The smallest absolute Gasteiger partial charge is 0.321 e. The van der Waals surface area contributed by atoms with Crippen LogP contribution in [0.1, 0.15) is 75.2 Å². The van der Waals surface area contributed by atoms with Gasteiger partial charge in [-0.2, -0.15) is 0 Å². The Kier molecular flexibility index (Phi) is 6.48. The second-order valence-corrected chi connectivity index (χ2v) is 11.4. The van der Waals surface area contributed by atoms with Crippen LogP contribution < -0.4 is 16.0 Å². The molecule has 0 aromatic carbocycles. The minimum atomic E-state index is -1.15. The predicted molar refractivity (Wildman–Crippen MR) is 160 cm³/mol. The Balaban J connectivity index is 1.71. The van der Waals surface area contributed by atoms with E-state index in [-0.39, 0.29) is 24.0 Å². The number of ether oxygens (including phenoxy) is 1. The number of hydrogen-bond acceptors (Lipinski definition) is 5. The first-order chi connectivity index (χ1) is 20.0. The van der Waals surface area contributed by atoms with E-state index in [9.17, 15) is 19.5 Å². The van der Waals surface area contributed by atoms with E-state index in [4.69, 9.17) is 4.74 Å². The molecule has 6 rings (SSSR count). The molecule has 1 fully saturated rings. The fourth-order valence-corrected chi connectivity index (χ4v) is 6.72. The number of carbonyl (C=O) groups is 3. The number of carboxylic acids is 1. The van der Waals surface area contributed by atoms with Gasteiger partial charge in [0.15, 0.2) is 5.78 Å². The third-order valence-corrected chi connectivity index (χ3v) is 9.03. The van der Waals surface area contributed by atoms with Crippen LogP contribution >= 0.6 is 0 Å². The number of aromatic nitrogens is 3. The van der Waals surface area contributed by atoms with Gasteiger partial charge in [-0.3, -0.25) is 14.4 Å². The number of allylic oxidation sites excluding steroid dienone is 2. The van der Waals surface area contributed by atoms with E-state index in [2.05, 4.69) is 32.9 Å². The fourth-order valence-electron chi connectivity index (χ4n) is 6.72. The molecule has 5 heterocycles. The molecule has 2 aliphatic heterocycles. The van der Waals surface area contributed by atoms with Gasteiger partial charge in [-0.25, -0.2) is 0 Å². The molecular formula is C33H34N4O5. The lowest BCUT2D eigenvalue weighted by atomic mass is 9.85. The number of esters is 1. The standard InChI is InChI=1S/C33H34N4O5/c1-7-19-15(3)23-13-24-16(4)20(8-9-26(38)39)30(36-24)28-29(33(41)42-6)32(40)27-17(5)22(37-31(27)28)11-18-10-14(2)21(34-18)12-25(19)35-23/h7,10-13,16,20,29,34-37H,1,8-9H2,2-6H3,(H,38,39)/b18-11-,21-12-,24-13-,30-28-/t16-,20-,29+/m0/s1. The molecule has 8 bridgehead atoms. The second kappa shape index (κ2) is 9.94. The van der Waals surface area contributed by atoms with Crippen molar-refractivity contribution in [2.24, 2.45) is 17.8 Å². The molecule has 42 heavy (non-hydrogen) atoms. The third-order valence-electron chi connectivity index (χ3n) is 9.03.